The van der Waals surface area contributed by atoms with Crippen LogP contribution < -0.4 is 20.9 Å². The second-order valence-corrected chi connectivity index (χ2v) is 11.6. The molecule has 3 heterocycles. The summed E-state index contributed by atoms with van der Waals surface area (Å²) in [6.07, 6.45) is -4.66. The molecule has 6 atom stereocenters. The Hall–Kier alpha value is -3.08. The molecule has 4 rings (SSSR count). The normalized spacial score (nSPS) is 25.1. The molecule has 0 saturated carbocycles. The van der Waals surface area contributed by atoms with Crippen LogP contribution in [0.25, 0.3) is 11.0 Å². The fraction of sp³-hybridized carbons (Fsp3) is 0.500. The molecule has 218 valence electrons. The lowest BCUT2D eigenvalue weighted by Crippen LogP contribution is -2.43. The molecule has 1 aliphatic heterocycles. The van der Waals surface area contributed by atoms with E-state index in [1.807, 2.05) is 4.98 Å². The molecule has 3 N–H and O–H groups in total. The highest BCUT2D eigenvalue weighted by molar-refractivity contribution is 7.52. The maximum absolute atomic E-state index is 15.5. The minimum absolute atomic E-state index is 0.223. The minimum Gasteiger partial charge on any atom is -0.462 e. The molecule has 0 amide bonds. The van der Waals surface area contributed by atoms with Crippen molar-refractivity contribution in [3.05, 3.63) is 51.1 Å². The van der Waals surface area contributed by atoms with Crippen LogP contribution in [0.2, 0.25) is 0 Å². The largest absolute Gasteiger partial charge is 0.462 e. The average Bonchev–Trinajstić information content (AvgIpc) is 3.39. The van der Waals surface area contributed by atoms with E-state index >= 15 is 4.39 Å². The molecule has 3 aromatic rings. The number of esters is 1. The van der Waals surface area contributed by atoms with Crippen LogP contribution in [0.5, 0.6) is 5.75 Å². The van der Waals surface area contributed by atoms with E-state index in [1.54, 1.807) is 13.8 Å². The lowest BCUT2D eigenvalue weighted by molar-refractivity contribution is -0.149. The zero-order valence-corrected chi connectivity index (χ0v) is 23.3. The molecule has 1 aliphatic rings. The molecule has 1 aromatic carbocycles. The fourth-order valence-corrected chi connectivity index (χ4v) is 5.85. The number of aliphatic hydroxyl groups excluding tert-OH is 1. The van der Waals surface area contributed by atoms with Gasteiger partial charge in [0.15, 0.2) is 23.5 Å². The van der Waals surface area contributed by atoms with Gasteiger partial charge in [-0.3, -0.25) is 23.7 Å². The molecular formula is C22H26F2N5O9PS. The summed E-state index contributed by atoms with van der Waals surface area (Å²) in [5, 5.41) is 13.0. The SMILES string of the molecule is CC(C)OC(=O)[C@H](C)NP(=O)(OC[C@H]1O[C@@H](n2ccc(=O)[nH]c2=O)[C@](C)(F)[C@@H]1O)Oc1cc2nsnc2cc1F. The van der Waals surface area contributed by atoms with Crippen molar-refractivity contribution < 1.29 is 41.8 Å². The molecule has 1 unspecified atom stereocenters. The highest BCUT2D eigenvalue weighted by Crippen LogP contribution is 2.48. The van der Waals surface area contributed by atoms with Crippen molar-refractivity contribution in [2.45, 2.75) is 63.9 Å². The Morgan fingerprint density at radius 1 is 1.32 bits per heavy atom. The first kappa shape index (κ1) is 29.9. The first-order chi connectivity index (χ1) is 18.7. The van der Waals surface area contributed by atoms with Gasteiger partial charge in [0, 0.05) is 24.4 Å². The van der Waals surface area contributed by atoms with Gasteiger partial charge in [-0.2, -0.15) is 13.8 Å². The Kier molecular flexibility index (Phi) is 8.54. The predicted octanol–water partition coefficient (Wildman–Crippen LogP) is 1.80. The lowest BCUT2D eigenvalue weighted by atomic mass is 9.98. The summed E-state index contributed by atoms with van der Waals surface area (Å²) < 4.78 is 74.1. The topological polar surface area (TPSA) is 184 Å². The van der Waals surface area contributed by atoms with Gasteiger partial charge in [-0.25, -0.2) is 18.1 Å². The summed E-state index contributed by atoms with van der Waals surface area (Å²) >= 11 is 0.813. The summed E-state index contributed by atoms with van der Waals surface area (Å²) in [5.41, 5.74) is -3.84. The van der Waals surface area contributed by atoms with Gasteiger partial charge in [0.1, 0.15) is 29.3 Å². The van der Waals surface area contributed by atoms with Crippen LogP contribution in [-0.4, -0.2) is 66.0 Å². The van der Waals surface area contributed by atoms with E-state index in [2.05, 4.69) is 13.8 Å². The van der Waals surface area contributed by atoms with Crippen LogP contribution in [-0.2, 0) is 23.4 Å². The summed E-state index contributed by atoms with van der Waals surface area (Å²) in [4.78, 5) is 37.9. The van der Waals surface area contributed by atoms with E-state index in [0.717, 1.165) is 47.6 Å². The summed E-state index contributed by atoms with van der Waals surface area (Å²) in [6, 6.07) is 1.81. The van der Waals surface area contributed by atoms with Gasteiger partial charge < -0.3 is 19.1 Å². The van der Waals surface area contributed by atoms with Gasteiger partial charge in [0.2, 0.25) is 0 Å². The van der Waals surface area contributed by atoms with Crippen LogP contribution in [0.15, 0.2) is 34.0 Å². The van der Waals surface area contributed by atoms with Crippen molar-refractivity contribution >= 4 is 36.5 Å². The first-order valence-corrected chi connectivity index (χ1v) is 14.2. The number of nitrogens with one attached hydrogen (secondary N) is 2. The number of hydrogen-bond acceptors (Lipinski definition) is 12. The van der Waals surface area contributed by atoms with Gasteiger partial charge in [-0.05, 0) is 27.7 Å². The molecule has 0 bridgehead atoms. The second-order valence-electron chi connectivity index (χ2n) is 9.40. The fourth-order valence-electron chi connectivity index (χ4n) is 3.83. The number of fused-ring (bicyclic) bond motifs is 1. The van der Waals surface area contributed by atoms with E-state index in [9.17, 15) is 28.4 Å². The van der Waals surface area contributed by atoms with E-state index in [-0.39, 0.29) is 11.0 Å². The second kappa shape index (κ2) is 11.4. The van der Waals surface area contributed by atoms with Crippen molar-refractivity contribution in [1.82, 2.24) is 23.4 Å². The quantitative estimate of drug-likeness (QED) is 0.225. The standard InChI is InChI=1S/C22H26F2N5O9PS/c1-10(2)36-19(32)11(3)26-39(34,38-15-8-14-13(7-12(15)23)27-40-28-14)35-9-16-18(31)22(4,24)20(37-16)29-6-5-17(30)25-21(29)33/h5-8,10-11,16,18,20,31H,9H2,1-4H3,(H,26,34)(H,25,30,33)/t11-,16+,18+,20+,22+,39?/m0/s1. The van der Waals surface area contributed by atoms with E-state index in [4.69, 9.17) is 18.5 Å². The van der Waals surface area contributed by atoms with Crippen molar-refractivity contribution in [2.75, 3.05) is 6.61 Å². The van der Waals surface area contributed by atoms with Gasteiger partial charge in [0.05, 0.1) is 24.4 Å². The van der Waals surface area contributed by atoms with Crippen LogP contribution in [0.1, 0.15) is 33.9 Å². The predicted molar refractivity (Wildman–Crippen MR) is 136 cm³/mol. The summed E-state index contributed by atoms with van der Waals surface area (Å²) in [7, 11) is -4.67. The number of benzene rings is 1. The molecular weight excluding hydrogens is 579 g/mol. The Morgan fingerprint density at radius 3 is 2.65 bits per heavy atom. The number of rotatable bonds is 10. The number of alkyl halides is 1. The van der Waals surface area contributed by atoms with Crippen LogP contribution >= 0.6 is 19.5 Å². The first-order valence-electron chi connectivity index (χ1n) is 11.9. The number of carbonyl (C=O) groups excluding carboxylic acids is 1. The van der Waals surface area contributed by atoms with E-state index in [0.29, 0.717) is 0 Å². The summed E-state index contributed by atoms with van der Waals surface area (Å²) in [6.45, 7) is 4.66. The summed E-state index contributed by atoms with van der Waals surface area (Å²) in [5.74, 6) is -2.34. The van der Waals surface area contributed by atoms with Crippen molar-refractivity contribution in [3.63, 3.8) is 0 Å². The zero-order chi connectivity index (χ0) is 29.4. The number of halogens is 2. The Labute approximate surface area is 229 Å². The number of aromatic amines is 1. The van der Waals surface area contributed by atoms with Crippen molar-refractivity contribution in [2.24, 2.45) is 0 Å². The Bertz CT molecular complexity index is 1560. The number of H-pyrrole nitrogens is 1. The van der Waals surface area contributed by atoms with E-state index < -0.39 is 79.4 Å². The van der Waals surface area contributed by atoms with Crippen LogP contribution in [0.3, 0.4) is 0 Å². The number of aromatic nitrogens is 4. The Morgan fingerprint density at radius 2 is 2.00 bits per heavy atom. The van der Waals surface area contributed by atoms with Gasteiger partial charge in [-0.1, -0.05) is 0 Å². The van der Waals surface area contributed by atoms with Crippen LogP contribution in [0, 0.1) is 5.82 Å². The van der Waals surface area contributed by atoms with Crippen LogP contribution in [0.4, 0.5) is 8.78 Å². The smallest absolute Gasteiger partial charge is 0.459 e. The minimum atomic E-state index is -4.67. The molecule has 18 heteroatoms. The molecule has 1 fully saturated rings. The average molecular weight is 606 g/mol. The van der Waals surface area contributed by atoms with Crippen molar-refractivity contribution in [1.29, 1.82) is 0 Å². The number of nitrogens with zero attached hydrogens (tertiary/aromatic N) is 3. The monoisotopic (exact) mass is 605 g/mol. The lowest BCUT2D eigenvalue weighted by Gasteiger charge is -2.25. The van der Waals surface area contributed by atoms with Gasteiger partial charge in [-0.15, -0.1) is 0 Å². The molecule has 2 aromatic heterocycles. The molecule has 14 nitrogen and oxygen atoms in total. The molecule has 0 spiro atoms. The molecule has 1 saturated heterocycles. The third kappa shape index (κ3) is 6.29. The highest BCUT2D eigenvalue weighted by atomic mass is 32.1. The third-order valence-corrected chi connectivity index (χ3v) is 8.00. The highest BCUT2D eigenvalue weighted by Gasteiger charge is 2.56. The number of hydrogen-bond donors (Lipinski definition) is 3. The zero-order valence-electron chi connectivity index (χ0n) is 21.6. The number of carbonyl (C=O) groups is 1. The Balaban J connectivity index is 1.59. The number of aliphatic hydroxyl groups is 1. The maximum Gasteiger partial charge on any atom is 0.459 e. The van der Waals surface area contributed by atoms with E-state index in [1.165, 1.54) is 6.92 Å². The maximum atomic E-state index is 15.5. The van der Waals surface area contributed by atoms with Gasteiger partial charge >= 0.3 is 19.4 Å². The van der Waals surface area contributed by atoms with Crippen molar-refractivity contribution in [3.8, 4) is 5.75 Å². The third-order valence-electron chi connectivity index (χ3n) is 5.81. The molecule has 0 aliphatic carbocycles. The molecule has 40 heavy (non-hydrogen) atoms. The molecule has 0 radical (unpaired) electrons. The number of ether oxygens (including phenoxy) is 2. The van der Waals surface area contributed by atoms with Gasteiger partial charge in [0.25, 0.3) is 5.56 Å².